The van der Waals surface area contributed by atoms with Crippen LogP contribution in [0.25, 0.3) is 0 Å². The molecule has 0 amide bonds. The fourth-order valence-corrected chi connectivity index (χ4v) is 3.53. The zero-order valence-electron chi connectivity index (χ0n) is 28.1. The Bertz CT molecular complexity index is 1160. The van der Waals surface area contributed by atoms with Gasteiger partial charge in [0.25, 0.3) is 0 Å². The van der Waals surface area contributed by atoms with Gasteiger partial charge in [0.05, 0.1) is 11.2 Å². The summed E-state index contributed by atoms with van der Waals surface area (Å²) in [4.78, 5) is 0. The smallest absolute Gasteiger partial charge is 0.0626 e. The van der Waals surface area contributed by atoms with E-state index in [-0.39, 0.29) is 0 Å². The fourth-order valence-electron chi connectivity index (χ4n) is 3.53. The molecule has 0 aliphatic heterocycles. The van der Waals surface area contributed by atoms with Gasteiger partial charge < -0.3 is 10.2 Å². The maximum absolute atomic E-state index is 9.82. The zero-order valence-corrected chi connectivity index (χ0v) is 28.1. The summed E-state index contributed by atoms with van der Waals surface area (Å²) in [5.74, 6) is 0. The standard InChI is InChI=1S/C40H58O2/c1-33(21-13-23-35(3)25-15-27-37(5)29-17-31-39(7,8)41)19-11-12-20-34(2)22-14-24-36(4)26-16-28-38(6)30-18-32-40(9,10)42/h11-17,19-29,41-42H,18,30-32H2,1-10H3/b12-11+,21-13+,22-14+,25-15+,26-16+,29-17+,33-19+,34-20+,35-23+,36-24+,37-27+,38-28+. The minimum Gasteiger partial charge on any atom is -0.390 e. The first kappa shape index (κ1) is 38.8. The monoisotopic (exact) mass is 570 g/mol. The second-order valence-electron chi connectivity index (χ2n) is 12.5. The number of hydrogen-bond acceptors (Lipinski definition) is 2. The van der Waals surface area contributed by atoms with Gasteiger partial charge in [-0.1, -0.05) is 143 Å². The average Bonchev–Trinajstić information content (AvgIpc) is 2.85. The first-order valence-electron chi connectivity index (χ1n) is 15.1. The van der Waals surface area contributed by atoms with Crippen LogP contribution in [0.15, 0.2) is 143 Å². The van der Waals surface area contributed by atoms with Crippen molar-refractivity contribution in [3.63, 3.8) is 0 Å². The Labute approximate surface area is 258 Å². The van der Waals surface area contributed by atoms with Gasteiger partial charge in [-0.05, 0) is 94.9 Å². The van der Waals surface area contributed by atoms with Crippen molar-refractivity contribution in [3.8, 4) is 0 Å². The molecule has 42 heavy (non-hydrogen) atoms. The van der Waals surface area contributed by atoms with E-state index in [0.29, 0.717) is 6.42 Å². The molecule has 230 valence electrons. The molecule has 0 fully saturated rings. The molecule has 0 spiro atoms. The van der Waals surface area contributed by atoms with Crippen molar-refractivity contribution >= 4 is 0 Å². The van der Waals surface area contributed by atoms with Gasteiger partial charge in [0.1, 0.15) is 0 Å². The van der Waals surface area contributed by atoms with Crippen LogP contribution >= 0.6 is 0 Å². The number of hydrogen-bond donors (Lipinski definition) is 2. The van der Waals surface area contributed by atoms with Gasteiger partial charge in [-0.15, -0.1) is 0 Å². The summed E-state index contributed by atoms with van der Waals surface area (Å²) in [6.07, 6.45) is 41.0. The predicted molar refractivity (Wildman–Crippen MR) is 188 cm³/mol. The van der Waals surface area contributed by atoms with Gasteiger partial charge in [0, 0.05) is 0 Å². The molecule has 0 radical (unpaired) electrons. The Kier molecular flexibility index (Phi) is 19.9. The highest BCUT2D eigenvalue weighted by Crippen LogP contribution is 2.15. The number of rotatable bonds is 17. The first-order valence-corrected chi connectivity index (χ1v) is 15.1. The minimum absolute atomic E-state index is 0.580. The molecule has 0 bridgehead atoms. The predicted octanol–water partition coefficient (Wildman–Crippen LogP) is 11.1. The van der Waals surface area contributed by atoms with Crippen LogP contribution in [0.2, 0.25) is 0 Å². The van der Waals surface area contributed by atoms with Crippen molar-refractivity contribution in [1.82, 2.24) is 0 Å². The number of allylic oxidation sites excluding steroid dienone is 23. The highest BCUT2D eigenvalue weighted by Gasteiger charge is 2.11. The van der Waals surface area contributed by atoms with E-state index in [9.17, 15) is 10.2 Å². The molecule has 0 rings (SSSR count). The van der Waals surface area contributed by atoms with Crippen molar-refractivity contribution in [1.29, 1.82) is 0 Å². The molecule has 0 aromatic carbocycles. The third-order valence-corrected chi connectivity index (χ3v) is 6.08. The van der Waals surface area contributed by atoms with Crippen molar-refractivity contribution < 1.29 is 10.2 Å². The summed E-state index contributed by atoms with van der Waals surface area (Å²) in [5.41, 5.74) is 5.97. The largest absolute Gasteiger partial charge is 0.390 e. The summed E-state index contributed by atoms with van der Waals surface area (Å²) in [6, 6.07) is 0. The lowest BCUT2D eigenvalue weighted by Gasteiger charge is -2.16. The third-order valence-electron chi connectivity index (χ3n) is 6.08. The van der Waals surface area contributed by atoms with Gasteiger partial charge in [-0.25, -0.2) is 0 Å². The van der Waals surface area contributed by atoms with Crippen LogP contribution < -0.4 is 0 Å². The Morgan fingerprint density at radius 1 is 0.476 bits per heavy atom. The average molecular weight is 571 g/mol. The SMILES string of the molecule is CC(/C=C/C=C(C)/C=C/C=C(C)/C=C/CC(C)(C)O)=C\C=C\C=C(C)\C=C\C=C(C)\C=C\C=C(/C)CCCC(C)(C)O. The summed E-state index contributed by atoms with van der Waals surface area (Å²) < 4.78 is 0. The fraction of sp³-hybridized carbons (Fsp3) is 0.400. The Balaban J connectivity index is 4.73. The van der Waals surface area contributed by atoms with E-state index in [4.69, 9.17) is 0 Å². The molecular weight excluding hydrogens is 512 g/mol. The van der Waals surface area contributed by atoms with Crippen LogP contribution in [-0.2, 0) is 0 Å². The van der Waals surface area contributed by atoms with Crippen LogP contribution in [0.4, 0.5) is 0 Å². The van der Waals surface area contributed by atoms with E-state index in [2.05, 4.69) is 139 Å². The van der Waals surface area contributed by atoms with Crippen LogP contribution in [0.1, 0.15) is 94.9 Å². The Morgan fingerprint density at radius 3 is 1.21 bits per heavy atom. The summed E-state index contributed by atoms with van der Waals surface area (Å²) in [7, 11) is 0. The van der Waals surface area contributed by atoms with Crippen LogP contribution in [-0.4, -0.2) is 21.4 Å². The molecule has 0 saturated carbocycles. The molecule has 0 aromatic heterocycles. The summed E-state index contributed by atoms with van der Waals surface area (Å²) in [5, 5.41) is 19.6. The molecule has 0 aliphatic carbocycles. The van der Waals surface area contributed by atoms with Crippen LogP contribution in [0, 0.1) is 0 Å². The quantitative estimate of drug-likeness (QED) is 0.171. The number of aliphatic hydroxyl groups is 2. The van der Waals surface area contributed by atoms with E-state index in [1.807, 2.05) is 39.8 Å². The lowest BCUT2D eigenvalue weighted by molar-refractivity contribution is 0.0689. The lowest BCUT2D eigenvalue weighted by Crippen LogP contribution is -2.17. The molecule has 0 aromatic rings. The van der Waals surface area contributed by atoms with Crippen molar-refractivity contribution in [2.45, 2.75) is 106 Å². The zero-order chi connectivity index (χ0) is 32.0. The summed E-state index contributed by atoms with van der Waals surface area (Å²) >= 11 is 0. The minimum atomic E-state index is -0.665. The van der Waals surface area contributed by atoms with E-state index < -0.39 is 11.2 Å². The molecule has 2 N–H and O–H groups in total. The highest BCUT2D eigenvalue weighted by atomic mass is 16.3. The van der Waals surface area contributed by atoms with Crippen LogP contribution in [0.5, 0.6) is 0 Å². The van der Waals surface area contributed by atoms with Crippen molar-refractivity contribution in [2.75, 3.05) is 0 Å². The van der Waals surface area contributed by atoms with E-state index >= 15 is 0 Å². The Morgan fingerprint density at radius 2 is 0.833 bits per heavy atom. The highest BCUT2D eigenvalue weighted by molar-refractivity contribution is 5.33. The van der Waals surface area contributed by atoms with Crippen LogP contribution in [0.3, 0.4) is 0 Å². The van der Waals surface area contributed by atoms with Gasteiger partial charge in [-0.3, -0.25) is 0 Å². The molecule has 2 heteroatoms. The first-order chi connectivity index (χ1) is 19.6. The topological polar surface area (TPSA) is 40.5 Å². The second kappa shape index (κ2) is 21.5. The maximum Gasteiger partial charge on any atom is 0.0626 e. The second-order valence-corrected chi connectivity index (χ2v) is 12.5. The molecule has 0 aliphatic rings. The van der Waals surface area contributed by atoms with Gasteiger partial charge in [0.2, 0.25) is 0 Å². The van der Waals surface area contributed by atoms with Gasteiger partial charge in [-0.2, -0.15) is 0 Å². The molecule has 0 unspecified atom stereocenters. The Hall–Kier alpha value is -3.20. The van der Waals surface area contributed by atoms with Gasteiger partial charge in [0.15, 0.2) is 0 Å². The van der Waals surface area contributed by atoms with Crippen molar-refractivity contribution in [3.05, 3.63) is 143 Å². The lowest BCUT2D eigenvalue weighted by atomic mass is 9.99. The van der Waals surface area contributed by atoms with Crippen molar-refractivity contribution in [2.24, 2.45) is 0 Å². The summed E-state index contributed by atoms with van der Waals surface area (Å²) in [6.45, 7) is 19.9. The normalized spacial score (nSPS) is 16.3. The molecule has 0 saturated heterocycles. The van der Waals surface area contributed by atoms with E-state index in [0.717, 1.165) is 24.8 Å². The molecule has 2 nitrogen and oxygen atoms in total. The molecular formula is C40H58O2. The third kappa shape index (κ3) is 27.0. The van der Waals surface area contributed by atoms with E-state index in [1.54, 1.807) is 0 Å². The molecule has 0 heterocycles. The van der Waals surface area contributed by atoms with E-state index in [1.165, 1.54) is 27.9 Å². The van der Waals surface area contributed by atoms with Gasteiger partial charge >= 0.3 is 0 Å². The maximum atomic E-state index is 9.82. The molecule has 0 atom stereocenters.